The smallest absolute Gasteiger partial charge is 0.0701 e. The molecule has 2 heterocycles. The second kappa shape index (κ2) is 5.63. The quantitative estimate of drug-likeness (QED) is 0.843. The maximum atomic E-state index is 3.51. The van der Waals surface area contributed by atoms with Crippen molar-refractivity contribution >= 4 is 27.3 Å². The molecular weight excluding hydrogens is 284 g/mol. The zero-order valence-electron chi connectivity index (χ0n) is 9.95. The van der Waals surface area contributed by atoms with Crippen molar-refractivity contribution in [2.45, 2.75) is 25.4 Å². The number of hydrogen-bond acceptors (Lipinski definition) is 3. The Labute approximate surface area is 110 Å². The normalized spacial score (nSPS) is 22.1. The van der Waals surface area contributed by atoms with E-state index in [9.17, 15) is 0 Å². The molecule has 1 atom stereocenters. The maximum absolute atomic E-state index is 3.51. The van der Waals surface area contributed by atoms with Gasteiger partial charge in [-0.05, 0) is 61.5 Å². The molecule has 2 rings (SSSR count). The van der Waals surface area contributed by atoms with E-state index in [4.69, 9.17) is 0 Å². The third-order valence-corrected chi connectivity index (χ3v) is 4.86. The van der Waals surface area contributed by atoms with Crippen molar-refractivity contribution in [3.8, 4) is 0 Å². The van der Waals surface area contributed by atoms with Crippen LogP contribution in [0, 0.1) is 0 Å². The molecule has 1 aliphatic heterocycles. The highest BCUT2D eigenvalue weighted by Gasteiger charge is 2.21. The molecule has 0 spiro atoms. The average Bonchev–Trinajstić information content (AvgIpc) is 2.77. The van der Waals surface area contributed by atoms with Crippen LogP contribution in [0.25, 0.3) is 0 Å². The van der Waals surface area contributed by atoms with E-state index in [-0.39, 0.29) is 0 Å². The molecule has 1 saturated heterocycles. The van der Waals surface area contributed by atoms with Crippen molar-refractivity contribution in [2.24, 2.45) is 0 Å². The monoisotopic (exact) mass is 302 g/mol. The lowest BCUT2D eigenvalue weighted by Gasteiger charge is -2.25. The van der Waals surface area contributed by atoms with Crippen LogP contribution in [0.1, 0.15) is 17.7 Å². The Morgan fingerprint density at radius 2 is 2.38 bits per heavy atom. The molecule has 90 valence electrons. The van der Waals surface area contributed by atoms with Gasteiger partial charge in [-0.1, -0.05) is 0 Å². The number of thiophene rings is 1. The first-order valence-electron chi connectivity index (χ1n) is 5.78. The molecule has 1 aromatic rings. The molecule has 1 aromatic heterocycles. The summed E-state index contributed by atoms with van der Waals surface area (Å²) in [6.07, 6.45) is 2.72. The van der Waals surface area contributed by atoms with Crippen LogP contribution < -0.4 is 0 Å². The highest BCUT2D eigenvalue weighted by atomic mass is 79.9. The highest BCUT2D eigenvalue weighted by molar-refractivity contribution is 9.11. The number of nitrogens with zero attached hydrogens (tertiary/aromatic N) is 2. The molecule has 0 radical (unpaired) electrons. The molecule has 1 fully saturated rings. The summed E-state index contributed by atoms with van der Waals surface area (Å²) in [6, 6.07) is 5.10. The van der Waals surface area contributed by atoms with Crippen molar-refractivity contribution in [1.82, 2.24) is 9.80 Å². The number of likely N-dealkylation sites (tertiary alicyclic amines) is 1. The Morgan fingerprint density at radius 3 is 2.94 bits per heavy atom. The van der Waals surface area contributed by atoms with Gasteiger partial charge < -0.3 is 4.90 Å². The lowest BCUT2D eigenvalue weighted by atomic mass is 10.2. The second-order valence-electron chi connectivity index (χ2n) is 4.68. The van der Waals surface area contributed by atoms with Gasteiger partial charge in [0.15, 0.2) is 0 Å². The minimum atomic E-state index is 0.758. The van der Waals surface area contributed by atoms with Gasteiger partial charge in [0.2, 0.25) is 0 Å². The summed E-state index contributed by atoms with van der Waals surface area (Å²) in [5.41, 5.74) is 0. The zero-order valence-corrected chi connectivity index (χ0v) is 12.4. The first-order chi connectivity index (χ1) is 7.65. The molecule has 0 aliphatic carbocycles. The van der Waals surface area contributed by atoms with E-state index in [1.165, 1.54) is 34.6 Å². The summed E-state index contributed by atoms with van der Waals surface area (Å²) >= 11 is 5.35. The summed E-state index contributed by atoms with van der Waals surface area (Å²) in [4.78, 5) is 6.36. The van der Waals surface area contributed by atoms with Crippen LogP contribution in [0.15, 0.2) is 15.9 Å². The van der Waals surface area contributed by atoms with Gasteiger partial charge in [0.05, 0.1) is 3.79 Å². The Morgan fingerprint density at radius 1 is 1.56 bits per heavy atom. The van der Waals surface area contributed by atoms with Crippen LogP contribution in [0.3, 0.4) is 0 Å². The van der Waals surface area contributed by atoms with E-state index in [0.29, 0.717) is 0 Å². The van der Waals surface area contributed by atoms with E-state index in [1.54, 1.807) is 0 Å². The minimum absolute atomic E-state index is 0.758. The maximum Gasteiger partial charge on any atom is 0.0701 e. The topological polar surface area (TPSA) is 6.48 Å². The Hall–Kier alpha value is 0.1000. The van der Waals surface area contributed by atoms with Gasteiger partial charge in [-0.25, -0.2) is 0 Å². The standard InChI is InChI=1S/C12H19BrN2S/c1-14(8-10-4-3-7-15(10)2)9-11-5-6-12(13)16-11/h5-6,10H,3-4,7-9H2,1-2H3. The SMILES string of the molecule is CN(Cc1ccc(Br)s1)CC1CCCN1C. The van der Waals surface area contributed by atoms with E-state index < -0.39 is 0 Å². The molecule has 0 bridgehead atoms. The van der Waals surface area contributed by atoms with Crippen molar-refractivity contribution < 1.29 is 0 Å². The van der Waals surface area contributed by atoms with Crippen LogP contribution in [0.5, 0.6) is 0 Å². The summed E-state index contributed by atoms with van der Waals surface area (Å²) < 4.78 is 1.23. The van der Waals surface area contributed by atoms with Gasteiger partial charge in [0, 0.05) is 24.0 Å². The Bertz CT molecular complexity index is 340. The van der Waals surface area contributed by atoms with E-state index in [1.807, 2.05) is 11.3 Å². The van der Waals surface area contributed by atoms with Crippen molar-refractivity contribution in [2.75, 3.05) is 27.2 Å². The fraction of sp³-hybridized carbons (Fsp3) is 0.667. The third-order valence-electron chi connectivity index (χ3n) is 3.25. The van der Waals surface area contributed by atoms with Gasteiger partial charge >= 0.3 is 0 Å². The lowest BCUT2D eigenvalue weighted by Crippen LogP contribution is -2.36. The average molecular weight is 303 g/mol. The van der Waals surface area contributed by atoms with Crippen molar-refractivity contribution in [1.29, 1.82) is 0 Å². The predicted octanol–water partition coefficient (Wildman–Crippen LogP) is 3.04. The minimum Gasteiger partial charge on any atom is -0.302 e. The largest absolute Gasteiger partial charge is 0.302 e. The zero-order chi connectivity index (χ0) is 11.5. The lowest BCUT2D eigenvalue weighted by molar-refractivity contribution is 0.216. The van der Waals surface area contributed by atoms with E-state index in [2.05, 4.69) is 52.0 Å². The predicted molar refractivity (Wildman–Crippen MR) is 74.0 cm³/mol. The fourth-order valence-corrected chi connectivity index (χ4v) is 3.90. The van der Waals surface area contributed by atoms with Crippen LogP contribution in [0.4, 0.5) is 0 Å². The Balaban J connectivity index is 1.82. The van der Waals surface area contributed by atoms with Crippen LogP contribution in [0.2, 0.25) is 0 Å². The molecule has 0 amide bonds. The van der Waals surface area contributed by atoms with Gasteiger partial charge in [-0.3, -0.25) is 4.90 Å². The van der Waals surface area contributed by atoms with Gasteiger partial charge in [-0.2, -0.15) is 0 Å². The molecule has 16 heavy (non-hydrogen) atoms. The van der Waals surface area contributed by atoms with Crippen molar-refractivity contribution in [3.63, 3.8) is 0 Å². The summed E-state index contributed by atoms with van der Waals surface area (Å²) in [6.45, 7) is 3.52. The molecule has 1 aliphatic rings. The number of rotatable bonds is 4. The molecule has 4 heteroatoms. The van der Waals surface area contributed by atoms with Crippen LogP contribution in [-0.4, -0.2) is 43.0 Å². The van der Waals surface area contributed by atoms with E-state index >= 15 is 0 Å². The fourth-order valence-electron chi connectivity index (χ4n) is 2.34. The van der Waals surface area contributed by atoms with E-state index in [0.717, 1.165) is 12.6 Å². The number of halogens is 1. The number of likely N-dealkylation sites (N-methyl/N-ethyl adjacent to an activating group) is 2. The van der Waals surface area contributed by atoms with Crippen LogP contribution in [-0.2, 0) is 6.54 Å². The molecule has 0 aromatic carbocycles. The molecule has 2 nitrogen and oxygen atoms in total. The highest BCUT2D eigenvalue weighted by Crippen LogP contribution is 2.23. The summed E-state index contributed by atoms with van der Waals surface area (Å²) in [7, 11) is 4.47. The summed E-state index contributed by atoms with van der Waals surface area (Å²) in [5.74, 6) is 0. The van der Waals surface area contributed by atoms with Crippen LogP contribution >= 0.6 is 27.3 Å². The molecule has 1 unspecified atom stereocenters. The molecule has 0 saturated carbocycles. The second-order valence-corrected chi connectivity index (χ2v) is 7.23. The molecular formula is C12H19BrN2S. The third kappa shape index (κ3) is 3.29. The summed E-state index contributed by atoms with van der Waals surface area (Å²) in [5, 5.41) is 0. The van der Waals surface area contributed by atoms with Crippen molar-refractivity contribution in [3.05, 3.63) is 20.8 Å². The van der Waals surface area contributed by atoms with Gasteiger partial charge in [0.25, 0.3) is 0 Å². The first-order valence-corrected chi connectivity index (χ1v) is 7.39. The number of hydrogen-bond donors (Lipinski definition) is 0. The Kier molecular flexibility index (Phi) is 4.41. The van der Waals surface area contributed by atoms with Gasteiger partial charge in [-0.15, -0.1) is 11.3 Å². The van der Waals surface area contributed by atoms with Gasteiger partial charge in [0.1, 0.15) is 0 Å². The first kappa shape index (κ1) is 12.6. The molecule has 0 N–H and O–H groups in total.